The van der Waals surface area contributed by atoms with E-state index in [0.29, 0.717) is 24.7 Å². The Morgan fingerprint density at radius 3 is 2.71 bits per heavy atom. The van der Waals surface area contributed by atoms with Crippen molar-refractivity contribution in [2.75, 3.05) is 0 Å². The summed E-state index contributed by atoms with van der Waals surface area (Å²) in [7, 11) is 0. The van der Waals surface area contributed by atoms with Crippen molar-refractivity contribution in [1.82, 2.24) is 25.9 Å². The van der Waals surface area contributed by atoms with E-state index in [9.17, 15) is 4.79 Å². The molecule has 2 N–H and O–H groups in total. The van der Waals surface area contributed by atoms with Crippen molar-refractivity contribution in [2.45, 2.75) is 51.5 Å². The summed E-state index contributed by atoms with van der Waals surface area (Å²) in [6, 6.07) is 0. The van der Waals surface area contributed by atoms with Crippen molar-refractivity contribution in [1.29, 1.82) is 0 Å². The number of tetrazole rings is 1. The predicted octanol–water partition coefficient (Wildman–Crippen LogP) is 1.18. The summed E-state index contributed by atoms with van der Waals surface area (Å²) in [4.78, 5) is 11.7. The molecule has 1 heterocycles. The standard InChI is InChI=1S/C11H19N5O/c17-11(12-8-10-13-15-16-14-10)7-9-5-3-1-2-4-6-9/h9H,1-8H2,(H,12,17)(H,13,14,15,16). The zero-order valence-corrected chi connectivity index (χ0v) is 9.98. The molecule has 0 aliphatic heterocycles. The molecule has 0 bridgehead atoms. The maximum Gasteiger partial charge on any atom is 0.220 e. The van der Waals surface area contributed by atoms with Gasteiger partial charge in [-0.15, -0.1) is 10.2 Å². The number of carbonyl (C=O) groups is 1. The van der Waals surface area contributed by atoms with Crippen LogP contribution < -0.4 is 5.32 Å². The van der Waals surface area contributed by atoms with Gasteiger partial charge in [-0.3, -0.25) is 4.79 Å². The van der Waals surface area contributed by atoms with Gasteiger partial charge in [0.15, 0.2) is 5.82 Å². The summed E-state index contributed by atoms with van der Waals surface area (Å²) in [5.74, 6) is 1.18. The molecule has 0 spiro atoms. The molecule has 1 aromatic heterocycles. The van der Waals surface area contributed by atoms with Crippen molar-refractivity contribution < 1.29 is 4.79 Å². The summed E-state index contributed by atoms with van der Waals surface area (Å²) in [5.41, 5.74) is 0. The maximum atomic E-state index is 11.7. The van der Waals surface area contributed by atoms with Gasteiger partial charge in [-0.2, -0.15) is 5.21 Å². The van der Waals surface area contributed by atoms with Crippen LogP contribution in [0, 0.1) is 5.92 Å². The highest BCUT2D eigenvalue weighted by Gasteiger charge is 2.16. The molecule has 1 aromatic rings. The Bertz CT molecular complexity index is 330. The fourth-order valence-corrected chi connectivity index (χ4v) is 2.34. The molecule has 0 radical (unpaired) electrons. The smallest absolute Gasteiger partial charge is 0.220 e. The van der Waals surface area contributed by atoms with E-state index in [-0.39, 0.29) is 5.91 Å². The van der Waals surface area contributed by atoms with Crippen LogP contribution in [0.5, 0.6) is 0 Å². The molecule has 6 heteroatoms. The lowest BCUT2D eigenvalue weighted by Crippen LogP contribution is -2.25. The largest absolute Gasteiger partial charge is 0.349 e. The van der Waals surface area contributed by atoms with Crippen molar-refractivity contribution in [3.63, 3.8) is 0 Å². The molecular weight excluding hydrogens is 218 g/mol. The van der Waals surface area contributed by atoms with E-state index in [2.05, 4.69) is 25.9 Å². The second-order valence-electron chi connectivity index (χ2n) is 4.67. The minimum Gasteiger partial charge on any atom is -0.349 e. The average molecular weight is 237 g/mol. The third-order valence-corrected chi connectivity index (χ3v) is 3.28. The highest BCUT2D eigenvalue weighted by molar-refractivity contribution is 5.76. The number of aromatic amines is 1. The van der Waals surface area contributed by atoms with E-state index in [1.165, 1.54) is 38.5 Å². The van der Waals surface area contributed by atoms with Crippen molar-refractivity contribution >= 4 is 5.91 Å². The summed E-state index contributed by atoms with van der Waals surface area (Å²) < 4.78 is 0. The lowest BCUT2D eigenvalue weighted by molar-refractivity contribution is -0.122. The number of nitrogens with zero attached hydrogens (tertiary/aromatic N) is 3. The number of carbonyl (C=O) groups excluding carboxylic acids is 1. The van der Waals surface area contributed by atoms with Crippen LogP contribution in [0.2, 0.25) is 0 Å². The van der Waals surface area contributed by atoms with E-state index in [1.54, 1.807) is 0 Å². The molecule has 1 saturated carbocycles. The second-order valence-corrected chi connectivity index (χ2v) is 4.67. The molecule has 1 fully saturated rings. The minimum atomic E-state index is 0.0988. The molecule has 1 amide bonds. The van der Waals surface area contributed by atoms with Crippen LogP contribution in [0.1, 0.15) is 50.8 Å². The number of hydrogen-bond donors (Lipinski definition) is 2. The summed E-state index contributed by atoms with van der Waals surface area (Å²) in [6.45, 7) is 0.363. The summed E-state index contributed by atoms with van der Waals surface area (Å²) in [6.07, 6.45) is 8.19. The fourth-order valence-electron chi connectivity index (χ4n) is 2.34. The number of amides is 1. The molecule has 0 saturated heterocycles. The third kappa shape index (κ3) is 4.13. The van der Waals surface area contributed by atoms with E-state index in [4.69, 9.17) is 0 Å². The third-order valence-electron chi connectivity index (χ3n) is 3.28. The normalized spacial score (nSPS) is 17.6. The topological polar surface area (TPSA) is 83.6 Å². The number of aromatic nitrogens is 4. The van der Waals surface area contributed by atoms with Gasteiger partial charge in [0.2, 0.25) is 5.91 Å². The molecule has 1 aliphatic carbocycles. The summed E-state index contributed by atoms with van der Waals surface area (Å²) >= 11 is 0. The fraction of sp³-hybridized carbons (Fsp3) is 0.818. The van der Waals surface area contributed by atoms with E-state index < -0.39 is 0 Å². The van der Waals surface area contributed by atoms with Crippen LogP contribution in [0.15, 0.2) is 0 Å². The molecule has 0 aromatic carbocycles. The van der Waals surface area contributed by atoms with Crippen LogP contribution in [-0.4, -0.2) is 26.5 Å². The molecular formula is C11H19N5O. The molecule has 0 atom stereocenters. The zero-order valence-electron chi connectivity index (χ0n) is 9.98. The van der Waals surface area contributed by atoms with E-state index in [1.807, 2.05) is 0 Å². The molecule has 94 valence electrons. The van der Waals surface area contributed by atoms with Crippen LogP contribution in [-0.2, 0) is 11.3 Å². The maximum absolute atomic E-state index is 11.7. The Morgan fingerprint density at radius 1 is 1.29 bits per heavy atom. The Labute approximate surface area is 101 Å². The van der Waals surface area contributed by atoms with Gasteiger partial charge >= 0.3 is 0 Å². The first-order chi connectivity index (χ1) is 8.34. The van der Waals surface area contributed by atoms with Gasteiger partial charge in [0.05, 0.1) is 6.54 Å². The van der Waals surface area contributed by atoms with Gasteiger partial charge < -0.3 is 5.32 Å². The van der Waals surface area contributed by atoms with E-state index >= 15 is 0 Å². The van der Waals surface area contributed by atoms with Crippen molar-refractivity contribution in [2.24, 2.45) is 5.92 Å². The SMILES string of the molecule is O=C(CC1CCCCCC1)NCc1nn[nH]n1. The second kappa shape index (κ2) is 6.32. The Hall–Kier alpha value is -1.46. The zero-order chi connectivity index (χ0) is 11.9. The van der Waals surface area contributed by atoms with Crippen molar-refractivity contribution in [3.8, 4) is 0 Å². The van der Waals surface area contributed by atoms with Gasteiger partial charge in [0, 0.05) is 6.42 Å². The average Bonchev–Trinajstić information content (AvgIpc) is 2.72. The summed E-state index contributed by atoms with van der Waals surface area (Å²) in [5, 5.41) is 16.2. The van der Waals surface area contributed by atoms with E-state index in [0.717, 1.165) is 0 Å². The molecule has 6 nitrogen and oxygen atoms in total. The van der Waals surface area contributed by atoms with Gasteiger partial charge in [-0.1, -0.05) is 30.9 Å². The first-order valence-corrected chi connectivity index (χ1v) is 6.33. The number of hydrogen-bond acceptors (Lipinski definition) is 4. The monoisotopic (exact) mass is 237 g/mol. The van der Waals surface area contributed by atoms with Crippen LogP contribution in [0.25, 0.3) is 0 Å². The number of nitrogens with one attached hydrogen (secondary N) is 2. The first kappa shape index (κ1) is 12.0. The van der Waals surface area contributed by atoms with Crippen LogP contribution in [0.3, 0.4) is 0 Å². The number of H-pyrrole nitrogens is 1. The van der Waals surface area contributed by atoms with Gasteiger partial charge in [-0.25, -0.2) is 0 Å². The molecule has 17 heavy (non-hydrogen) atoms. The minimum absolute atomic E-state index is 0.0988. The van der Waals surface area contributed by atoms with Crippen molar-refractivity contribution in [3.05, 3.63) is 5.82 Å². The molecule has 2 rings (SSSR count). The van der Waals surface area contributed by atoms with Gasteiger partial charge in [0.25, 0.3) is 0 Å². The quantitative estimate of drug-likeness (QED) is 0.770. The Kier molecular flexibility index (Phi) is 4.46. The predicted molar refractivity (Wildman–Crippen MR) is 61.8 cm³/mol. The Morgan fingerprint density at radius 2 is 2.06 bits per heavy atom. The highest BCUT2D eigenvalue weighted by Crippen LogP contribution is 2.25. The lowest BCUT2D eigenvalue weighted by Gasteiger charge is -2.12. The molecule has 0 unspecified atom stereocenters. The lowest BCUT2D eigenvalue weighted by atomic mass is 9.96. The number of rotatable bonds is 4. The molecule has 1 aliphatic rings. The van der Waals surface area contributed by atoms with Crippen LogP contribution in [0.4, 0.5) is 0 Å². The van der Waals surface area contributed by atoms with Crippen LogP contribution >= 0.6 is 0 Å². The Balaban J connectivity index is 1.69. The van der Waals surface area contributed by atoms with Gasteiger partial charge in [-0.05, 0) is 18.8 Å². The van der Waals surface area contributed by atoms with Gasteiger partial charge in [0.1, 0.15) is 0 Å². The first-order valence-electron chi connectivity index (χ1n) is 6.33. The highest BCUT2D eigenvalue weighted by atomic mass is 16.1.